The molecule has 4 saturated carbocycles. The van der Waals surface area contributed by atoms with Crippen molar-refractivity contribution in [2.45, 2.75) is 77.7 Å². The van der Waals surface area contributed by atoms with Gasteiger partial charge >= 0.3 is 0 Å². The monoisotopic (exact) mass is 290 g/mol. The average molecular weight is 290 g/mol. The molecule has 2 nitrogen and oxygen atoms in total. The van der Waals surface area contributed by atoms with Crippen LogP contribution >= 0.6 is 0 Å². The summed E-state index contributed by atoms with van der Waals surface area (Å²) in [5, 5.41) is 10.5. The van der Waals surface area contributed by atoms with E-state index in [2.05, 4.69) is 13.8 Å². The van der Waals surface area contributed by atoms with E-state index in [0.717, 1.165) is 43.4 Å². The highest BCUT2D eigenvalue weighted by atomic mass is 16.3. The molecule has 21 heavy (non-hydrogen) atoms. The first-order chi connectivity index (χ1) is 9.95. The Hall–Kier alpha value is -0.370. The van der Waals surface area contributed by atoms with Crippen molar-refractivity contribution >= 4 is 5.78 Å². The Morgan fingerprint density at radius 1 is 0.952 bits per heavy atom. The SMILES string of the molecule is C[C@]12CC[C@H]3[C@@H](CCC4CC(=O)CC[C@@]43C)[C@H]1CC[C@H]2O. The molecule has 0 bridgehead atoms. The first-order valence-corrected chi connectivity index (χ1v) is 9.15. The normalized spacial score (nSPS) is 56.5. The van der Waals surface area contributed by atoms with Crippen molar-refractivity contribution in [1.29, 1.82) is 0 Å². The summed E-state index contributed by atoms with van der Waals surface area (Å²) in [5.41, 5.74) is 0.598. The molecule has 0 radical (unpaired) electrons. The van der Waals surface area contributed by atoms with Crippen LogP contribution in [0.2, 0.25) is 0 Å². The third-order valence-corrected chi connectivity index (χ3v) is 8.43. The van der Waals surface area contributed by atoms with Gasteiger partial charge in [0.2, 0.25) is 0 Å². The van der Waals surface area contributed by atoms with Crippen molar-refractivity contribution < 1.29 is 9.90 Å². The zero-order chi connectivity index (χ0) is 14.8. The zero-order valence-electron chi connectivity index (χ0n) is 13.6. The van der Waals surface area contributed by atoms with Crippen molar-refractivity contribution in [2.75, 3.05) is 0 Å². The van der Waals surface area contributed by atoms with Gasteiger partial charge in [-0.05, 0) is 79.4 Å². The van der Waals surface area contributed by atoms with E-state index in [1.165, 1.54) is 32.1 Å². The Bertz CT molecular complexity index is 458. The number of hydrogen-bond acceptors (Lipinski definition) is 2. The van der Waals surface area contributed by atoms with Gasteiger partial charge in [0.25, 0.3) is 0 Å². The molecule has 4 rings (SSSR count). The van der Waals surface area contributed by atoms with Crippen molar-refractivity contribution in [3.63, 3.8) is 0 Å². The van der Waals surface area contributed by atoms with Crippen LogP contribution in [-0.4, -0.2) is 17.0 Å². The van der Waals surface area contributed by atoms with Crippen LogP contribution in [0, 0.1) is 34.5 Å². The number of rotatable bonds is 0. The zero-order valence-corrected chi connectivity index (χ0v) is 13.6. The van der Waals surface area contributed by atoms with E-state index in [0.29, 0.717) is 17.1 Å². The molecule has 7 atom stereocenters. The van der Waals surface area contributed by atoms with Crippen molar-refractivity contribution in [3.8, 4) is 0 Å². The predicted octanol–water partition coefficient (Wildman–Crippen LogP) is 3.96. The first-order valence-electron chi connectivity index (χ1n) is 9.15. The van der Waals surface area contributed by atoms with Gasteiger partial charge in [-0.25, -0.2) is 0 Å². The Kier molecular flexibility index (Phi) is 3.10. The Balaban J connectivity index is 1.64. The summed E-state index contributed by atoms with van der Waals surface area (Å²) >= 11 is 0. The maximum atomic E-state index is 11.9. The lowest BCUT2D eigenvalue weighted by atomic mass is 9.45. The Morgan fingerprint density at radius 3 is 2.52 bits per heavy atom. The van der Waals surface area contributed by atoms with E-state index in [9.17, 15) is 9.90 Å². The molecule has 2 heteroatoms. The molecular formula is C19H30O2. The Morgan fingerprint density at radius 2 is 1.71 bits per heavy atom. The van der Waals surface area contributed by atoms with Crippen molar-refractivity contribution in [2.24, 2.45) is 34.5 Å². The second-order valence-electron chi connectivity index (χ2n) is 9.04. The second kappa shape index (κ2) is 4.57. The topological polar surface area (TPSA) is 37.3 Å². The van der Waals surface area contributed by atoms with Crippen LogP contribution in [0.3, 0.4) is 0 Å². The predicted molar refractivity (Wildman–Crippen MR) is 82.7 cm³/mol. The lowest BCUT2D eigenvalue weighted by Gasteiger charge is -2.60. The number of carbonyl (C=O) groups excluding carboxylic acids is 1. The summed E-state index contributed by atoms with van der Waals surface area (Å²) in [6.07, 6.45) is 10.0. The molecule has 4 aliphatic rings. The molecule has 0 saturated heterocycles. The number of aliphatic hydroxyl groups excluding tert-OH is 1. The molecule has 0 aromatic carbocycles. The minimum atomic E-state index is -0.0677. The van der Waals surface area contributed by atoms with Crippen LogP contribution in [0.4, 0.5) is 0 Å². The fourth-order valence-corrected chi connectivity index (χ4v) is 7.02. The van der Waals surface area contributed by atoms with Gasteiger partial charge in [-0.15, -0.1) is 0 Å². The van der Waals surface area contributed by atoms with Gasteiger partial charge < -0.3 is 5.11 Å². The third-order valence-electron chi connectivity index (χ3n) is 8.43. The van der Waals surface area contributed by atoms with Crippen LogP contribution in [0.5, 0.6) is 0 Å². The van der Waals surface area contributed by atoms with Gasteiger partial charge in [-0.1, -0.05) is 13.8 Å². The maximum absolute atomic E-state index is 11.9. The molecule has 1 N–H and O–H groups in total. The summed E-state index contributed by atoms with van der Waals surface area (Å²) in [4.78, 5) is 11.9. The summed E-state index contributed by atoms with van der Waals surface area (Å²) in [5.74, 6) is 3.52. The van der Waals surface area contributed by atoms with E-state index in [1.54, 1.807) is 0 Å². The molecule has 1 unspecified atom stereocenters. The highest BCUT2D eigenvalue weighted by molar-refractivity contribution is 5.79. The van der Waals surface area contributed by atoms with Gasteiger partial charge in [0.05, 0.1) is 6.10 Å². The molecule has 118 valence electrons. The Labute approximate surface area is 128 Å². The number of Topliss-reactive ketones (excluding diaryl/α,β-unsaturated/α-hetero) is 1. The summed E-state index contributed by atoms with van der Waals surface area (Å²) < 4.78 is 0. The number of aliphatic hydroxyl groups is 1. The molecule has 0 amide bonds. The summed E-state index contributed by atoms with van der Waals surface area (Å²) in [6.45, 7) is 4.85. The number of hydrogen-bond donors (Lipinski definition) is 1. The fraction of sp³-hybridized carbons (Fsp3) is 0.947. The average Bonchev–Trinajstić information content (AvgIpc) is 2.76. The molecule has 0 aromatic rings. The smallest absolute Gasteiger partial charge is 0.133 e. The lowest BCUT2D eigenvalue weighted by molar-refractivity contribution is -0.141. The minimum absolute atomic E-state index is 0.0677. The van der Waals surface area contributed by atoms with Gasteiger partial charge in [-0.3, -0.25) is 4.79 Å². The van der Waals surface area contributed by atoms with Gasteiger partial charge in [0.15, 0.2) is 0 Å². The highest BCUT2D eigenvalue weighted by Gasteiger charge is 2.59. The van der Waals surface area contributed by atoms with Gasteiger partial charge in [-0.2, -0.15) is 0 Å². The quantitative estimate of drug-likeness (QED) is 0.733. The molecule has 0 aliphatic heterocycles. The van der Waals surface area contributed by atoms with Crippen molar-refractivity contribution in [1.82, 2.24) is 0 Å². The standard InChI is InChI=1S/C19H30O2/c1-18-9-7-13(20)11-12(18)3-4-14-15-5-6-17(21)19(15,2)10-8-16(14)18/h12,14-17,21H,3-11H2,1-2H3/t12?,14-,15+,16-,17+,18-,19-/m0/s1. The molecule has 4 fully saturated rings. The van der Waals surface area contributed by atoms with E-state index in [1.807, 2.05) is 0 Å². The van der Waals surface area contributed by atoms with Crippen molar-refractivity contribution in [3.05, 3.63) is 0 Å². The minimum Gasteiger partial charge on any atom is -0.393 e. The van der Waals surface area contributed by atoms with E-state index in [-0.39, 0.29) is 11.5 Å². The highest BCUT2D eigenvalue weighted by Crippen LogP contribution is 2.65. The third kappa shape index (κ3) is 1.84. The molecule has 4 aliphatic carbocycles. The first kappa shape index (κ1) is 14.2. The fourth-order valence-electron chi connectivity index (χ4n) is 7.02. The van der Waals surface area contributed by atoms with Crippen LogP contribution in [-0.2, 0) is 4.79 Å². The molecule has 0 aromatic heterocycles. The molecule has 0 spiro atoms. The number of carbonyl (C=O) groups is 1. The summed E-state index contributed by atoms with van der Waals surface area (Å²) in [7, 11) is 0. The van der Waals surface area contributed by atoms with E-state index < -0.39 is 0 Å². The number of ketones is 1. The second-order valence-corrected chi connectivity index (χ2v) is 9.04. The molecular weight excluding hydrogens is 260 g/mol. The van der Waals surface area contributed by atoms with E-state index >= 15 is 0 Å². The van der Waals surface area contributed by atoms with Crippen LogP contribution in [0.25, 0.3) is 0 Å². The number of fused-ring (bicyclic) bond motifs is 5. The largest absolute Gasteiger partial charge is 0.393 e. The van der Waals surface area contributed by atoms with Gasteiger partial charge in [0, 0.05) is 12.8 Å². The molecule has 0 heterocycles. The maximum Gasteiger partial charge on any atom is 0.133 e. The van der Waals surface area contributed by atoms with Crippen LogP contribution < -0.4 is 0 Å². The lowest BCUT2D eigenvalue weighted by Crippen LogP contribution is -2.54. The van der Waals surface area contributed by atoms with Gasteiger partial charge in [0.1, 0.15) is 5.78 Å². The van der Waals surface area contributed by atoms with E-state index in [4.69, 9.17) is 0 Å². The van der Waals surface area contributed by atoms with Crippen LogP contribution in [0.1, 0.15) is 71.6 Å². The van der Waals surface area contributed by atoms with Crippen LogP contribution in [0.15, 0.2) is 0 Å². The summed E-state index contributed by atoms with van der Waals surface area (Å²) in [6, 6.07) is 0.